The molecule has 3 rings (SSSR count). The first-order chi connectivity index (χ1) is 46.4. The molecule has 0 spiro atoms. The molecule has 0 aromatic carbocycles. The Morgan fingerprint density at radius 1 is 0.510 bits per heavy atom. The molecule has 98 heavy (non-hydrogen) atoms. The van der Waals surface area contributed by atoms with Crippen molar-refractivity contribution >= 4 is 45.4 Å². The molecule has 3 fully saturated rings. The number of hydrogen-bond acceptors (Lipinski definition) is 30. The summed E-state index contributed by atoms with van der Waals surface area (Å²) in [7, 11) is -12.7. The highest BCUT2D eigenvalue weighted by Crippen LogP contribution is 2.40. The quantitative estimate of drug-likeness (QED) is 0.0217. The Morgan fingerprint density at radius 2 is 0.898 bits per heavy atom. The molecule has 0 aromatic rings. The molecule has 3 aliphatic rings. The van der Waals surface area contributed by atoms with E-state index in [0.29, 0.717) is 44.9 Å². The van der Waals surface area contributed by atoms with Crippen molar-refractivity contribution in [3.05, 3.63) is 0 Å². The monoisotopic (exact) mass is 1450 g/mol. The van der Waals surface area contributed by atoms with Crippen molar-refractivity contribution in [3.63, 3.8) is 0 Å². The fourth-order valence-corrected chi connectivity index (χ4v) is 13.1. The van der Waals surface area contributed by atoms with Crippen molar-refractivity contribution in [2.45, 2.75) is 355 Å². The summed E-state index contributed by atoms with van der Waals surface area (Å²) >= 11 is 0. The van der Waals surface area contributed by atoms with Crippen LogP contribution in [0.4, 0.5) is 0 Å². The fraction of sp³-hybridized carbons (Fsp3) is 0.922. The van der Waals surface area contributed by atoms with Crippen LogP contribution in [0, 0.1) is 0 Å². The molecule has 19 atom stereocenters. The Hall–Kier alpha value is -2.99. The third kappa shape index (κ3) is 34.1. The lowest BCUT2D eigenvalue weighted by molar-refractivity contribution is -0.394. The molecule has 0 aromatic heterocycles. The normalized spacial score (nSPS) is 27.7. The molecule has 0 unspecified atom stereocenters. The van der Waals surface area contributed by atoms with Crippen LogP contribution in [0.25, 0.3) is 0 Å². The molecule has 574 valence electrons. The number of rotatable bonds is 53. The Morgan fingerprint density at radius 3 is 1.31 bits per heavy atom. The Balaban J connectivity index is 2.25. The standard InChI is InChI=1S/C64H118N2O30P2/c1-5-9-13-17-19-23-27-29-41(68)33-49(74)65-53-59(92-51(76)35-43(70)31-25-21-15-11-7-3)56(79)47(90-62(53)96-98(85,86)87)39-88-61-54(66-50(75)34-42(69)30-28-24-20-18-14-10-6-2)60(93-52(77)36-44(71)32-26-22-16-12-8-4)58(95-97(82,83)84)48(91-61)40-89-64(63(80)81)37-45(72)55(78)57(94-64)46(73)38-67/h41-48,53-62,67-73,78-79H,5-40H2,1-4H3,(H,65,74)(H,66,75)(H,80,81)(H2,82,83,84)(H2,85,86,87)/p-5/t41-,42-,43-,44-,45-,46-,47-,48-,53-,54-,55-,56-,57-,58-,59-,60-,61-,62-,64-/m1/s1. The highest BCUT2D eigenvalue weighted by atomic mass is 31.2. The minimum absolute atomic E-state index is 0.0318. The first-order valence-corrected chi connectivity index (χ1v) is 38.2. The third-order valence-electron chi connectivity index (χ3n) is 17.5. The summed E-state index contributed by atoms with van der Waals surface area (Å²) in [6, 6.07) is -4.30. The fourth-order valence-electron chi connectivity index (χ4n) is 12.1. The zero-order chi connectivity index (χ0) is 73.0. The van der Waals surface area contributed by atoms with Crippen LogP contribution in [0.3, 0.4) is 0 Å². The van der Waals surface area contributed by atoms with E-state index >= 15 is 0 Å². The van der Waals surface area contributed by atoms with Gasteiger partial charge in [-0.1, -0.05) is 182 Å². The van der Waals surface area contributed by atoms with Gasteiger partial charge in [-0.15, -0.1) is 0 Å². The van der Waals surface area contributed by atoms with Gasteiger partial charge in [0.25, 0.3) is 0 Å². The van der Waals surface area contributed by atoms with Crippen LogP contribution in [0.15, 0.2) is 0 Å². The summed E-state index contributed by atoms with van der Waals surface area (Å²) in [5.74, 6) is -10.3. The number of nitrogens with one attached hydrogen (secondary N) is 2. The molecule has 34 heteroatoms. The van der Waals surface area contributed by atoms with Crippen LogP contribution in [0.1, 0.15) is 240 Å². The lowest BCUT2D eigenvalue weighted by Crippen LogP contribution is -2.69. The number of carbonyl (C=O) groups excluding carboxylic acids is 5. The van der Waals surface area contributed by atoms with E-state index in [1.807, 2.05) is 13.8 Å². The van der Waals surface area contributed by atoms with Gasteiger partial charge in [0, 0.05) is 6.42 Å². The summed E-state index contributed by atoms with van der Waals surface area (Å²) in [5, 5.41) is 116. The van der Waals surface area contributed by atoms with Crippen molar-refractivity contribution in [2.24, 2.45) is 0 Å². The van der Waals surface area contributed by atoms with Gasteiger partial charge in [-0.3, -0.25) is 19.2 Å². The van der Waals surface area contributed by atoms with Crippen LogP contribution < -0.4 is 35.3 Å². The summed E-state index contributed by atoms with van der Waals surface area (Å²) < 4.78 is 75.9. The maximum absolute atomic E-state index is 14.3. The smallest absolute Gasteiger partial charge is 0.308 e. The number of esters is 2. The van der Waals surface area contributed by atoms with E-state index in [0.717, 1.165) is 109 Å². The first kappa shape index (κ1) is 89.2. The van der Waals surface area contributed by atoms with Crippen LogP contribution in [-0.2, 0) is 75.3 Å². The molecule has 0 aliphatic carbocycles. The molecule has 3 aliphatic heterocycles. The number of hydrogen-bond donors (Lipinski definition) is 11. The van der Waals surface area contributed by atoms with Crippen LogP contribution in [0.2, 0.25) is 0 Å². The van der Waals surface area contributed by atoms with Crippen LogP contribution in [0.5, 0.6) is 0 Å². The Labute approximate surface area is 575 Å². The van der Waals surface area contributed by atoms with E-state index in [-0.39, 0.29) is 25.7 Å². The number of carboxylic acids is 1. The van der Waals surface area contributed by atoms with Gasteiger partial charge in [0.2, 0.25) is 17.6 Å². The van der Waals surface area contributed by atoms with Gasteiger partial charge in [0.1, 0.15) is 60.8 Å². The number of carbonyl (C=O) groups is 5. The average Bonchev–Trinajstić information content (AvgIpc) is 0.778. The van der Waals surface area contributed by atoms with E-state index in [1.54, 1.807) is 0 Å². The third-order valence-corrected chi connectivity index (χ3v) is 18.5. The summed E-state index contributed by atoms with van der Waals surface area (Å²) in [6.45, 7) is 4.25. The highest BCUT2D eigenvalue weighted by molar-refractivity contribution is 7.43. The van der Waals surface area contributed by atoms with Gasteiger partial charge in [-0.25, -0.2) is 0 Å². The Kier molecular flexibility index (Phi) is 43.1. The van der Waals surface area contributed by atoms with Gasteiger partial charge < -0.3 is 137 Å². The SMILES string of the molecule is CCCCCCCCC[C@@H](O)CC(=O)N[C@H]1[C@H](OC[C@H]2O[C@H](OP(=O)([O-])[O-])[C@H](NC(=O)C[C@H](O)CCCCCCCCC)[C@@H](OC(=O)C[C@H](O)CCCCCCC)[C@@H]2O)O[C@H](CO[C@]2(C(=O)[O-])C[C@@H](O)[C@@H](O)[C@@H]([C@H](O)CO)O2)[C@@H](OP(=O)([O-])[O-])[C@@H]1OC(=O)C[C@H](O)CCCCCCC. The number of phosphoric acid groups is 2. The van der Waals surface area contributed by atoms with Crippen molar-refractivity contribution in [2.75, 3.05) is 19.8 Å². The van der Waals surface area contributed by atoms with Gasteiger partial charge in [-0.2, -0.15) is 0 Å². The van der Waals surface area contributed by atoms with E-state index in [9.17, 15) is 104 Å². The van der Waals surface area contributed by atoms with Gasteiger partial charge in [0.15, 0.2) is 24.8 Å². The van der Waals surface area contributed by atoms with Gasteiger partial charge >= 0.3 is 11.9 Å². The van der Waals surface area contributed by atoms with Gasteiger partial charge in [0.05, 0.1) is 91.7 Å². The Bertz CT molecular complexity index is 2360. The van der Waals surface area contributed by atoms with Crippen molar-refractivity contribution in [1.29, 1.82) is 0 Å². The zero-order valence-electron chi connectivity index (χ0n) is 57.3. The molecule has 2 amide bonds. The molecule has 3 saturated heterocycles. The molecule has 0 bridgehead atoms. The predicted molar refractivity (Wildman–Crippen MR) is 337 cm³/mol. The number of aliphatic carboxylic acids is 1. The summed E-state index contributed by atoms with van der Waals surface area (Å²) in [6.07, 6.45) is -17.1. The molecular weight excluding hydrogens is 1340 g/mol. The maximum Gasteiger partial charge on any atom is 0.308 e. The number of aliphatic hydroxyl groups excluding tert-OH is 9. The van der Waals surface area contributed by atoms with Crippen molar-refractivity contribution in [1.82, 2.24) is 10.6 Å². The van der Waals surface area contributed by atoms with E-state index < -0.39 is 213 Å². The number of amides is 2. The van der Waals surface area contributed by atoms with Gasteiger partial charge in [-0.05, 0) is 25.7 Å². The summed E-state index contributed by atoms with van der Waals surface area (Å²) in [5.41, 5.74) is 0. The predicted octanol–water partition coefficient (Wildman–Crippen LogP) is -0.000800. The van der Waals surface area contributed by atoms with Crippen molar-refractivity contribution in [3.8, 4) is 0 Å². The number of aliphatic hydroxyl groups is 9. The molecular formula is C64H113N2O30P2-5. The van der Waals surface area contributed by atoms with E-state index in [1.165, 1.54) is 0 Å². The second-order valence-corrected chi connectivity index (χ2v) is 28.4. The largest absolute Gasteiger partial charge is 0.790 e. The lowest BCUT2D eigenvalue weighted by atomic mass is 9.92. The minimum Gasteiger partial charge on any atom is -0.790 e. The maximum atomic E-state index is 14.3. The number of ether oxygens (including phenoxy) is 7. The second-order valence-electron chi connectivity index (χ2n) is 26.2. The average molecular weight is 1450 g/mol. The molecule has 0 saturated carbocycles. The van der Waals surface area contributed by atoms with Crippen LogP contribution >= 0.6 is 15.6 Å². The number of unbranched alkanes of at least 4 members (excludes halogenated alkanes) is 20. The highest BCUT2D eigenvalue weighted by Gasteiger charge is 2.56. The van der Waals surface area contributed by atoms with Crippen LogP contribution in [-0.4, -0.2) is 211 Å². The van der Waals surface area contributed by atoms with E-state index in [2.05, 4.69) is 24.5 Å². The topological polar surface area (TPSA) is 524 Å². The van der Waals surface area contributed by atoms with Crippen molar-refractivity contribution < 1.29 is 146 Å². The molecule has 0 radical (unpaired) electrons. The lowest BCUT2D eigenvalue weighted by Gasteiger charge is -2.50. The number of phosphoric ester groups is 2. The second kappa shape index (κ2) is 47.4. The zero-order valence-corrected chi connectivity index (χ0v) is 59.1. The minimum atomic E-state index is -6.42. The molecule has 32 nitrogen and oxygen atoms in total. The molecule has 11 N–H and O–H groups in total. The summed E-state index contributed by atoms with van der Waals surface area (Å²) in [4.78, 5) is 120. The first-order valence-electron chi connectivity index (χ1n) is 35.3. The molecule has 3 heterocycles. The van der Waals surface area contributed by atoms with E-state index in [4.69, 9.17) is 42.2 Å². The number of carboxylic acid groups (broad SMARTS) is 1.